The molecule has 1 amide bonds. The molecule has 23 heavy (non-hydrogen) atoms. The molecule has 3 aromatic rings. The zero-order valence-corrected chi connectivity index (χ0v) is 12.6. The van der Waals surface area contributed by atoms with Crippen molar-refractivity contribution < 1.29 is 4.79 Å². The molecule has 1 atom stereocenters. The molecule has 1 aliphatic heterocycles. The van der Waals surface area contributed by atoms with E-state index in [2.05, 4.69) is 25.8 Å². The van der Waals surface area contributed by atoms with Gasteiger partial charge < -0.3 is 15.2 Å². The molecule has 1 unspecified atom stereocenters. The van der Waals surface area contributed by atoms with Crippen molar-refractivity contribution in [2.45, 2.75) is 18.9 Å². The molecule has 0 aliphatic carbocycles. The Balaban J connectivity index is 1.49. The van der Waals surface area contributed by atoms with Crippen molar-refractivity contribution in [1.29, 1.82) is 0 Å². The lowest BCUT2D eigenvalue weighted by molar-refractivity contribution is -0.116. The van der Waals surface area contributed by atoms with E-state index in [-0.39, 0.29) is 12.5 Å². The number of para-hydroxylation sites is 2. The lowest BCUT2D eigenvalue weighted by Crippen LogP contribution is -2.19. The highest BCUT2D eigenvalue weighted by Gasteiger charge is 2.22. The SMILES string of the molecule is O=C(Cn1cnc2ccccc21)Nc1cn[nH]c1C1CCNC1. The zero-order chi connectivity index (χ0) is 15.6. The van der Waals surface area contributed by atoms with Crippen LogP contribution in [0.25, 0.3) is 11.0 Å². The molecule has 0 radical (unpaired) electrons. The first-order valence-corrected chi connectivity index (χ1v) is 7.75. The van der Waals surface area contributed by atoms with Gasteiger partial charge in [0.25, 0.3) is 0 Å². The number of amides is 1. The van der Waals surface area contributed by atoms with Crippen LogP contribution in [-0.2, 0) is 11.3 Å². The number of fused-ring (bicyclic) bond motifs is 1. The zero-order valence-electron chi connectivity index (χ0n) is 12.6. The van der Waals surface area contributed by atoms with Crippen LogP contribution in [0.5, 0.6) is 0 Å². The monoisotopic (exact) mass is 310 g/mol. The molecule has 3 N–H and O–H groups in total. The van der Waals surface area contributed by atoms with Crippen molar-refractivity contribution in [3.05, 3.63) is 42.5 Å². The van der Waals surface area contributed by atoms with Gasteiger partial charge in [-0.3, -0.25) is 9.89 Å². The van der Waals surface area contributed by atoms with E-state index in [4.69, 9.17) is 0 Å². The van der Waals surface area contributed by atoms with Crippen LogP contribution in [0.1, 0.15) is 18.0 Å². The number of nitrogens with zero attached hydrogens (tertiary/aromatic N) is 3. The molecule has 4 rings (SSSR count). The standard InChI is InChI=1S/C16H18N6O/c23-15(9-22-10-18-12-3-1-2-4-14(12)22)20-13-8-19-21-16(13)11-5-6-17-7-11/h1-4,8,10-11,17H,5-7,9H2,(H,19,21)(H,20,23). The third kappa shape index (κ3) is 2.70. The molecule has 7 nitrogen and oxygen atoms in total. The van der Waals surface area contributed by atoms with Gasteiger partial charge in [0.1, 0.15) is 6.54 Å². The molecule has 118 valence electrons. The van der Waals surface area contributed by atoms with Gasteiger partial charge in [-0.05, 0) is 25.1 Å². The van der Waals surface area contributed by atoms with Gasteiger partial charge in [-0.15, -0.1) is 0 Å². The molecule has 1 aliphatic rings. The molecule has 1 fully saturated rings. The van der Waals surface area contributed by atoms with E-state index < -0.39 is 0 Å². The van der Waals surface area contributed by atoms with E-state index in [0.29, 0.717) is 5.92 Å². The quantitative estimate of drug-likeness (QED) is 0.681. The maximum Gasteiger partial charge on any atom is 0.244 e. The topological polar surface area (TPSA) is 87.6 Å². The summed E-state index contributed by atoms with van der Waals surface area (Å²) in [6.07, 6.45) is 4.43. The summed E-state index contributed by atoms with van der Waals surface area (Å²) < 4.78 is 1.85. The Morgan fingerprint density at radius 3 is 3.17 bits per heavy atom. The van der Waals surface area contributed by atoms with Crippen molar-refractivity contribution in [2.24, 2.45) is 0 Å². The van der Waals surface area contributed by atoms with E-state index in [0.717, 1.165) is 41.9 Å². The summed E-state index contributed by atoms with van der Waals surface area (Å²) in [6.45, 7) is 2.14. The molecule has 1 aromatic carbocycles. The molecule has 3 heterocycles. The predicted octanol–water partition coefficient (Wildman–Crippen LogP) is 1.48. The molecule has 1 saturated heterocycles. The maximum absolute atomic E-state index is 12.4. The average molecular weight is 310 g/mol. The minimum absolute atomic E-state index is 0.0817. The summed E-state index contributed by atoms with van der Waals surface area (Å²) in [5, 5.41) is 13.4. The third-order valence-electron chi connectivity index (χ3n) is 4.25. The first-order valence-electron chi connectivity index (χ1n) is 7.75. The van der Waals surface area contributed by atoms with Gasteiger partial charge >= 0.3 is 0 Å². The van der Waals surface area contributed by atoms with Gasteiger partial charge in [0.05, 0.1) is 34.9 Å². The number of benzene rings is 1. The molecular formula is C16H18N6O. The summed E-state index contributed by atoms with van der Waals surface area (Å²) in [6, 6.07) is 7.78. The highest BCUT2D eigenvalue weighted by Crippen LogP contribution is 2.26. The van der Waals surface area contributed by atoms with Gasteiger partial charge in [-0.2, -0.15) is 5.10 Å². The van der Waals surface area contributed by atoms with Crippen LogP contribution >= 0.6 is 0 Å². The first-order chi connectivity index (χ1) is 11.3. The number of nitrogens with one attached hydrogen (secondary N) is 3. The second kappa shape index (κ2) is 5.85. The van der Waals surface area contributed by atoms with Gasteiger partial charge in [0.15, 0.2) is 0 Å². The Morgan fingerprint density at radius 1 is 1.39 bits per heavy atom. The first kappa shape index (κ1) is 14.0. The summed E-state index contributed by atoms with van der Waals surface area (Å²) in [4.78, 5) is 16.7. The van der Waals surface area contributed by atoms with E-state index in [1.165, 1.54) is 0 Å². The van der Waals surface area contributed by atoms with Crippen molar-refractivity contribution in [2.75, 3.05) is 18.4 Å². The van der Waals surface area contributed by atoms with E-state index in [1.807, 2.05) is 28.8 Å². The van der Waals surface area contributed by atoms with E-state index in [1.54, 1.807) is 12.5 Å². The minimum atomic E-state index is -0.0817. The summed E-state index contributed by atoms with van der Waals surface area (Å²) >= 11 is 0. The number of carbonyl (C=O) groups excluding carboxylic acids is 1. The molecule has 0 spiro atoms. The van der Waals surface area contributed by atoms with Crippen molar-refractivity contribution in [3.8, 4) is 0 Å². The van der Waals surface area contributed by atoms with Gasteiger partial charge in [-0.1, -0.05) is 12.1 Å². The number of hydrogen-bond donors (Lipinski definition) is 3. The largest absolute Gasteiger partial charge is 0.322 e. The predicted molar refractivity (Wildman–Crippen MR) is 87.2 cm³/mol. The molecule has 2 aromatic heterocycles. The molecular weight excluding hydrogens is 292 g/mol. The maximum atomic E-state index is 12.4. The summed E-state index contributed by atoms with van der Waals surface area (Å²) in [7, 11) is 0. The van der Waals surface area contributed by atoms with Crippen LogP contribution < -0.4 is 10.6 Å². The van der Waals surface area contributed by atoms with Crippen LogP contribution in [-0.4, -0.2) is 38.7 Å². The van der Waals surface area contributed by atoms with Gasteiger partial charge in [0, 0.05) is 12.5 Å². The third-order valence-corrected chi connectivity index (χ3v) is 4.25. The van der Waals surface area contributed by atoms with Crippen LogP contribution in [0.2, 0.25) is 0 Å². The van der Waals surface area contributed by atoms with Gasteiger partial charge in [-0.25, -0.2) is 4.98 Å². The van der Waals surface area contributed by atoms with Crippen LogP contribution in [0.15, 0.2) is 36.8 Å². The number of hydrogen-bond acceptors (Lipinski definition) is 4. The number of rotatable bonds is 4. The fourth-order valence-corrected chi connectivity index (χ4v) is 3.09. The number of imidazole rings is 1. The number of H-pyrrole nitrogens is 1. The minimum Gasteiger partial charge on any atom is -0.322 e. The van der Waals surface area contributed by atoms with Crippen molar-refractivity contribution in [3.63, 3.8) is 0 Å². The molecule has 7 heteroatoms. The Kier molecular flexibility index (Phi) is 3.55. The Bertz CT molecular complexity index is 830. The molecule has 0 bridgehead atoms. The van der Waals surface area contributed by atoms with Crippen molar-refractivity contribution >= 4 is 22.6 Å². The van der Waals surface area contributed by atoms with Crippen LogP contribution in [0.3, 0.4) is 0 Å². The van der Waals surface area contributed by atoms with Crippen LogP contribution in [0, 0.1) is 0 Å². The Morgan fingerprint density at radius 2 is 2.30 bits per heavy atom. The number of carbonyl (C=O) groups is 1. The van der Waals surface area contributed by atoms with Gasteiger partial charge in [0.2, 0.25) is 5.91 Å². The summed E-state index contributed by atoms with van der Waals surface area (Å²) in [5.74, 6) is 0.295. The van der Waals surface area contributed by atoms with Crippen molar-refractivity contribution in [1.82, 2.24) is 25.1 Å². The fourth-order valence-electron chi connectivity index (χ4n) is 3.09. The smallest absolute Gasteiger partial charge is 0.244 e. The van der Waals surface area contributed by atoms with E-state index in [9.17, 15) is 4.79 Å². The number of aromatic nitrogens is 4. The second-order valence-corrected chi connectivity index (χ2v) is 5.80. The lowest BCUT2D eigenvalue weighted by Gasteiger charge is -2.10. The van der Waals surface area contributed by atoms with E-state index >= 15 is 0 Å². The number of anilines is 1. The second-order valence-electron chi connectivity index (χ2n) is 5.80. The number of aromatic amines is 1. The highest BCUT2D eigenvalue weighted by atomic mass is 16.1. The Hall–Kier alpha value is -2.67. The molecule has 0 saturated carbocycles. The fraction of sp³-hybridized carbons (Fsp3) is 0.312. The average Bonchev–Trinajstić information content (AvgIpc) is 3.28. The summed E-state index contributed by atoms with van der Waals surface area (Å²) in [5.41, 5.74) is 3.61. The highest BCUT2D eigenvalue weighted by molar-refractivity contribution is 5.92. The van der Waals surface area contributed by atoms with Crippen LogP contribution in [0.4, 0.5) is 5.69 Å². The Labute approximate surface area is 133 Å². The normalized spacial score (nSPS) is 17.7. The lowest BCUT2D eigenvalue weighted by atomic mass is 10.0.